The summed E-state index contributed by atoms with van der Waals surface area (Å²) in [4.78, 5) is 31.9. The Labute approximate surface area is 168 Å². The largest absolute Gasteiger partial charge is 0.444 e. The van der Waals surface area contributed by atoms with Crippen molar-refractivity contribution < 1.29 is 14.3 Å². The van der Waals surface area contributed by atoms with Crippen LogP contribution in [0.15, 0.2) is 28.7 Å². The zero-order valence-corrected chi connectivity index (χ0v) is 17.8. The van der Waals surface area contributed by atoms with Crippen molar-refractivity contribution in [1.29, 1.82) is 0 Å². The molecule has 1 aromatic carbocycles. The molecule has 3 rings (SSSR count). The number of carbonyl (C=O) groups excluding carboxylic acids is 2. The molecule has 0 bridgehead atoms. The minimum atomic E-state index is -0.523. The molecule has 1 aliphatic rings. The van der Waals surface area contributed by atoms with E-state index in [4.69, 9.17) is 4.74 Å². The van der Waals surface area contributed by atoms with Gasteiger partial charge in [0.1, 0.15) is 11.3 Å². The van der Waals surface area contributed by atoms with Gasteiger partial charge in [-0.2, -0.15) is 0 Å². The fraction of sp³-hybridized carbons (Fsp3) is 0.500. The second kappa shape index (κ2) is 7.54. The molecule has 1 fully saturated rings. The first-order valence-electron chi connectivity index (χ1n) is 9.17. The van der Waals surface area contributed by atoms with Crippen molar-refractivity contribution >= 4 is 38.8 Å². The topological polar surface area (TPSA) is 65.6 Å². The number of amides is 2. The van der Waals surface area contributed by atoms with E-state index in [0.717, 1.165) is 28.2 Å². The number of nitrogens with one attached hydrogen (secondary N) is 1. The van der Waals surface area contributed by atoms with Crippen molar-refractivity contribution in [2.24, 2.45) is 0 Å². The number of hydrogen-bond donors (Lipinski definition) is 1. The molecule has 146 valence electrons. The summed E-state index contributed by atoms with van der Waals surface area (Å²) < 4.78 is 6.45. The fourth-order valence-corrected chi connectivity index (χ4v) is 3.72. The number of piperidine rings is 1. The molecule has 1 atom stereocenters. The predicted molar refractivity (Wildman–Crippen MR) is 109 cm³/mol. The van der Waals surface area contributed by atoms with Gasteiger partial charge in [0, 0.05) is 41.6 Å². The van der Waals surface area contributed by atoms with Crippen molar-refractivity contribution in [2.75, 3.05) is 20.1 Å². The third-order valence-electron chi connectivity index (χ3n) is 4.73. The SMILES string of the molecule is CN(C(=O)c1cc2cc(Br)ccc2[nH]1)[C@H]1CCCN(C(=O)OC(C)(C)C)C1. The van der Waals surface area contributed by atoms with Crippen LogP contribution in [-0.2, 0) is 4.74 Å². The highest BCUT2D eigenvalue weighted by molar-refractivity contribution is 9.10. The summed E-state index contributed by atoms with van der Waals surface area (Å²) in [6, 6.07) is 7.70. The average molecular weight is 436 g/mol. The Morgan fingerprint density at radius 2 is 2.04 bits per heavy atom. The molecule has 7 heteroatoms. The lowest BCUT2D eigenvalue weighted by Gasteiger charge is -2.38. The normalized spacial score (nSPS) is 17.8. The van der Waals surface area contributed by atoms with Crippen molar-refractivity contribution in [2.45, 2.75) is 45.3 Å². The van der Waals surface area contributed by atoms with Crippen molar-refractivity contribution in [3.8, 4) is 0 Å². The molecule has 2 heterocycles. The highest BCUT2D eigenvalue weighted by atomic mass is 79.9. The van der Waals surface area contributed by atoms with E-state index in [1.807, 2.05) is 45.0 Å². The van der Waals surface area contributed by atoms with Gasteiger partial charge in [0.05, 0.1) is 0 Å². The van der Waals surface area contributed by atoms with E-state index < -0.39 is 5.60 Å². The lowest BCUT2D eigenvalue weighted by molar-refractivity contribution is 0.0122. The summed E-state index contributed by atoms with van der Waals surface area (Å²) in [6.07, 6.45) is 1.40. The number of ether oxygens (including phenoxy) is 1. The van der Waals surface area contributed by atoms with Crippen LogP contribution >= 0.6 is 15.9 Å². The molecule has 0 unspecified atom stereocenters. The van der Waals surface area contributed by atoms with E-state index in [2.05, 4.69) is 20.9 Å². The van der Waals surface area contributed by atoms with Gasteiger partial charge in [-0.05, 0) is 57.9 Å². The lowest BCUT2D eigenvalue weighted by atomic mass is 10.0. The molecule has 0 radical (unpaired) electrons. The molecular formula is C20H26BrN3O3. The molecule has 0 spiro atoms. The molecule has 1 aliphatic heterocycles. The molecule has 1 N–H and O–H groups in total. The second-order valence-corrected chi connectivity index (χ2v) is 8.97. The zero-order chi connectivity index (χ0) is 19.8. The van der Waals surface area contributed by atoms with Gasteiger partial charge in [0.25, 0.3) is 5.91 Å². The van der Waals surface area contributed by atoms with Crippen LogP contribution in [0, 0.1) is 0 Å². The Morgan fingerprint density at radius 3 is 2.74 bits per heavy atom. The van der Waals surface area contributed by atoms with E-state index in [9.17, 15) is 9.59 Å². The first-order chi connectivity index (χ1) is 12.6. The fourth-order valence-electron chi connectivity index (χ4n) is 3.34. The summed E-state index contributed by atoms with van der Waals surface area (Å²) in [5.74, 6) is -0.0710. The third kappa shape index (κ3) is 4.64. The summed E-state index contributed by atoms with van der Waals surface area (Å²) in [5, 5.41) is 0.986. The molecular weight excluding hydrogens is 410 g/mol. The van der Waals surface area contributed by atoms with Crippen LogP contribution in [0.4, 0.5) is 4.79 Å². The van der Waals surface area contributed by atoms with E-state index in [0.29, 0.717) is 18.8 Å². The Balaban J connectivity index is 1.71. The van der Waals surface area contributed by atoms with Gasteiger partial charge in [-0.3, -0.25) is 4.79 Å². The monoisotopic (exact) mass is 435 g/mol. The zero-order valence-electron chi connectivity index (χ0n) is 16.2. The van der Waals surface area contributed by atoms with Crippen molar-refractivity contribution in [1.82, 2.24) is 14.8 Å². The van der Waals surface area contributed by atoms with Crippen LogP contribution in [-0.4, -0.2) is 58.6 Å². The first-order valence-corrected chi connectivity index (χ1v) is 9.97. The van der Waals surface area contributed by atoms with Crippen molar-refractivity contribution in [3.63, 3.8) is 0 Å². The van der Waals surface area contributed by atoms with Gasteiger partial charge in [0.15, 0.2) is 0 Å². The highest BCUT2D eigenvalue weighted by Crippen LogP contribution is 2.23. The number of H-pyrrole nitrogens is 1. The number of nitrogens with zero attached hydrogens (tertiary/aromatic N) is 2. The van der Waals surface area contributed by atoms with Crippen LogP contribution in [0.25, 0.3) is 10.9 Å². The smallest absolute Gasteiger partial charge is 0.410 e. The van der Waals surface area contributed by atoms with E-state index in [1.54, 1.807) is 16.8 Å². The number of carbonyl (C=O) groups is 2. The maximum absolute atomic E-state index is 13.0. The van der Waals surface area contributed by atoms with Crippen molar-refractivity contribution in [3.05, 3.63) is 34.4 Å². The Bertz CT molecular complexity index is 856. The number of hydrogen-bond acceptors (Lipinski definition) is 3. The number of fused-ring (bicyclic) bond motifs is 1. The minimum Gasteiger partial charge on any atom is -0.444 e. The quantitative estimate of drug-likeness (QED) is 0.759. The lowest BCUT2D eigenvalue weighted by Crippen LogP contribution is -2.51. The number of aromatic amines is 1. The van der Waals surface area contributed by atoms with Gasteiger partial charge in [-0.25, -0.2) is 4.79 Å². The molecule has 0 saturated carbocycles. The molecule has 0 aliphatic carbocycles. The molecule has 1 aromatic heterocycles. The Morgan fingerprint density at radius 1 is 1.30 bits per heavy atom. The van der Waals surface area contributed by atoms with Gasteiger partial charge in [-0.1, -0.05) is 15.9 Å². The first kappa shape index (κ1) is 19.7. The van der Waals surface area contributed by atoms with Gasteiger partial charge < -0.3 is 19.5 Å². The minimum absolute atomic E-state index is 0.0306. The maximum Gasteiger partial charge on any atom is 0.410 e. The number of aromatic nitrogens is 1. The molecule has 6 nitrogen and oxygen atoms in total. The van der Waals surface area contributed by atoms with E-state index in [-0.39, 0.29) is 18.0 Å². The van der Waals surface area contributed by atoms with Gasteiger partial charge >= 0.3 is 6.09 Å². The van der Waals surface area contributed by atoms with Crippen LogP contribution in [0.5, 0.6) is 0 Å². The average Bonchev–Trinajstić information content (AvgIpc) is 3.02. The summed E-state index contributed by atoms with van der Waals surface area (Å²) >= 11 is 3.45. The molecule has 1 saturated heterocycles. The predicted octanol–water partition coefficient (Wildman–Crippen LogP) is 4.40. The molecule has 2 amide bonds. The highest BCUT2D eigenvalue weighted by Gasteiger charge is 2.31. The second-order valence-electron chi connectivity index (χ2n) is 8.05. The third-order valence-corrected chi connectivity index (χ3v) is 5.22. The van der Waals surface area contributed by atoms with E-state index >= 15 is 0 Å². The van der Waals surface area contributed by atoms with Gasteiger partial charge in [-0.15, -0.1) is 0 Å². The van der Waals surface area contributed by atoms with Crippen LogP contribution in [0.2, 0.25) is 0 Å². The molecule has 2 aromatic rings. The summed E-state index contributed by atoms with van der Waals surface area (Å²) in [7, 11) is 1.80. The maximum atomic E-state index is 13.0. The Kier molecular flexibility index (Phi) is 5.51. The summed E-state index contributed by atoms with van der Waals surface area (Å²) in [6.45, 7) is 6.72. The summed E-state index contributed by atoms with van der Waals surface area (Å²) in [5.41, 5.74) is 0.957. The number of likely N-dealkylation sites (tertiary alicyclic amines) is 1. The standard InChI is InChI=1S/C20H26BrN3O3/c1-20(2,3)27-19(26)24-9-5-6-15(12-24)23(4)18(25)17-11-13-10-14(21)7-8-16(13)22-17/h7-8,10-11,15,22H,5-6,9,12H2,1-4H3/t15-/m0/s1. The number of rotatable bonds is 2. The van der Waals surface area contributed by atoms with Gasteiger partial charge in [0.2, 0.25) is 0 Å². The number of benzene rings is 1. The van der Waals surface area contributed by atoms with Crippen LogP contribution < -0.4 is 0 Å². The van der Waals surface area contributed by atoms with Crippen LogP contribution in [0.3, 0.4) is 0 Å². The van der Waals surface area contributed by atoms with Crippen LogP contribution in [0.1, 0.15) is 44.1 Å². The number of likely N-dealkylation sites (N-methyl/N-ethyl adjacent to an activating group) is 1. The van der Waals surface area contributed by atoms with E-state index in [1.165, 1.54) is 0 Å². The Hall–Kier alpha value is -2.02. The number of halogens is 1. The molecule has 27 heavy (non-hydrogen) atoms.